The number of primary amides is 1. The Bertz CT molecular complexity index is 1090. The molecule has 0 atom stereocenters. The third-order valence-electron chi connectivity index (χ3n) is 3.42. The molecular weight excluding hydrogens is 503 g/mol. The average molecular weight is 516 g/mol. The third-order valence-corrected chi connectivity index (χ3v) is 7.27. The van der Waals surface area contributed by atoms with Crippen molar-refractivity contribution in [2.45, 2.75) is 34.7 Å². The van der Waals surface area contributed by atoms with Crippen LogP contribution in [0.15, 0.2) is 31.9 Å². The fourth-order valence-corrected chi connectivity index (χ4v) is 5.39. The molecule has 0 spiro atoms. The number of aliphatic hydroxyl groups is 1. The molecule has 0 aliphatic carbocycles. The van der Waals surface area contributed by atoms with Crippen molar-refractivity contribution >= 4 is 53.9 Å². The van der Waals surface area contributed by atoms with Gasteiger partial charge < -0.3 is 16.2 Å². The number of anilines is 1. The number of carbonyl (C=O) groups is 2. The smallest absolute Gasteiger partial charge is 0.381 e. The molecule has 158 valence electrons. The monoisotopic (exact) mass is 515 g/mol. The van der Waals surface area contributed by atoms with Crippen molar-refractivity contribution in [1.82, 2.24) is 4.98 Å². The Morgan fingerprint density at radius 1 is 1.28 bits per heavy atom. The second kappa shape index (κ2) is 7.66. The summed E-state index contributed by atoms with van der Waals surface area (Å²) in [5.41, 5.74) is 1.72. The minimum Gasteiger partial charge on any atom is -0.381 e. The zero-order chi connectivity index (χ0) is 22.4. The number of pyridine rings is 1. The number of carbonyl (C=O) groups excluding carboxylic acids is 2. The molecule has 2 rings (SSSR count). The summed E-state index contributed by atoms with van der Waals surface area (Å²) in [5.74, 6) is -1.98. The van der Waals surface area contributed by atoms with Crippen molar-refractivity contribution in [2.75, 3.05) is 5.32 Å². The van der Waals surface area contributed by atoms with E-state index in [-0.39, 0.29) is 10.6 Å². The Morgan fingerprint density at radius 3 is 2.31 bits per heavy atom. The number of aromatic nitrogens is 1. The Balaban J connectivity index is 2.53. The number of sulfone groups is 1. The molecule has 0 bridgehead atoms. The number of halogens is 4. The van der Waals surface area contributed by atoms with E-state index in [4.69, 9.17) is 5.73 Å². The van der Waals surface area contributed by atoms with E-state index < -0.39 is 52.7 Å². The van der Waals surface area contributed by atoms with E-state index in [9.17, 15) is 36.3 Å². The van der Waals surface area contributed by atoms with E-state index in [1.807, 2.05) is 0 Å². The molecule has 0 fully saturated rings. The first-order valence-electron chi connectivity index (χ1n) is 7.50. The van der Waals surface area contributed by atoms with Crippen LogP contribution in [0.2, 0.25) is 0 Å². The first kappa shape index (κ1) is 23.3. The van der Waals surface area contributed by atoms with Crippen LogP contribution in [0.4, 0.5) is 18.2 Å². The molecule has 2 aromatic rings. The summed E-state index contributed by atoms with van der Waals surface area (Å²) in [5, 5.41) is 11.7. The largest absolute Gasteiger partial charge is 0.434 e. The van der Waals surface area contributed by atoms with E-state index in [2.05, 4.69) is 26.2 Å². The zero-order valence-electron chi connectivity index (χ0n) is 14.7. The quantitative estimate of drug-likeness (QED) is 0.559. The number of hydrogen-bond donors (Lipinski definition) is 3. The molecule has 0 aromatic carbocycles. The molecule has 2 aromatic heterocycles. The second-order valence-corrected chi connectivity index (χ2v) is 10.3. The topological polar surface area (TPSA) is 139 Å². The van der Waals surface area contributed by atoms with Crippen molar-refractivity contribution in [3.8, 4) is 0 Å². The Kier molecular flexibility index (Phi) is 6.14. The van der Waals surface area contributed by atoms with Crippen LogP contribution in [0.5, 0.6) is 0 Å². The number of nitrogens with two attached hydrogens (primary N) is 1. The van der Waals surface area contributed by atoms with E-state index in [1.54, 1.807) is 0 Å². The minimum atomic E-state index is -4.79. The number of nitrogens with zero attached hydrogens (tertiary/aromatic N) is 1. The lowest BCUT2D eigenvalue weighted by Gasteiger charge is -2.16. The Labute approximate surface area is 175 Å². The van der Waals surface area contributed by atoms with E-state index in [1.165, 1.54) is 13.8 Å². The van der Waals surface area contributed by atoms with Gasteiger partial charge in [-0.1, -0.05) is 0 Å². The van der Waals surface area contributed by atoms with Gasteiger partial charge in [0.2, 0.25) is 9.84 Å². The fraction of sp³-hybridized carbons (Fsp3) is 0.267. The predicted molar refractivity (Wildman–Crippen MR) is 100 cm³/mol. The molecular formula is C15H13BrF3N3O5S2. The van der Waals surface area contributed by atoms with Gasteiger partial charge in [0.1, 0.15) is 14.8 Å². The molecule has 14 heteroatoms. The molecule has 29 heavy (non-hydrogen) atoms. The summed E-state index contributed by atoms with van der Waals surface area (Å²) in [7, 11) is -4.39. The summed E-state index contributed by atoms with van der Waals surface area (Å²) >= 11 is 3.10. The van der Waals surface area contributed by atoms with Crippen LogP contribution in [-0.4, -0.2) is 35.9 Å². The van der Waals surface area contributed by atoms with E-state index in [0.29, 0.717) is 17.5 Å². The van der Waals surface area contributed by atoms with Crippen molar-refractivity contribution < 1.29 is 36.3 Å². The molecule has 0 aliphatic rings. The van der Waals surface area contributed by atoms with E-state index >= 15 is 0 Å². The summed E-state index contributed by atoms with van der Waals surface area (Å²) in [6.07, 6.45) is -4.26. The van der Waals surface area contributed by atoms with Gasteiger partial charge in [-0.05, 0) is 41.9 Å². The molecule has 4 N–H and O–H groups in total. The zero-order valence-corrected chi connectivity index (χ0v) is 17.9. The van der Waals surface area contributed by atoms with Gasteiger partial charge in [0, 0.05) is 10.7 Å². The van der Waals surface area contributed by atoms with Gasteiger partial charge in [-0.3, -0.25) is 9.59 Å². The predicted octanol–water partition coefficient (Wildman–Crippen LogP) is 2.57. The summed E-state index contributed by atoms with van der Waals surface area (Å²) in [6, 6.07) is 1.61. The van der Waals surface area contributed by atoms with Gasteiger partial charge in [-0.25, -0.2) is 13.4 Å². The van der Waals surface area contributed by atoms with Crippen molar-refractivity contribution in [3.05, 3.63) is 34.1 Å². The van der Waals surface area contributed by atoms with Crippen LogP contribution < -0.4 is 11.1 Å². The molecule has 0 saturated carbocycles. The van der Waals surface area contributed by atoms with Crippen LogP contribution in [0.1, 0.15) is 29.9 Å². The molecule has 0 radical (unpaired) electrons. The van der Waals surface area contributed by atoms with Gasteiger partial charge in [-0.2, -0.15) is 13.2 Å². The van der Waals surface area contributed by atoms with Gasteiger partial charge in [0.25, 0.3) is 11.8 Å². The van der Waals surface area contributed by atoms with Crippen LogP contribution >= 0.6 is 27.3 Å². The fourth-order valence-electron chi connectivity index (χ4n) is 1.92. The number of hydrogen-bond acceptors (Lipinski definition) is 7. The van der Waals surface area contributed by atoms with Gasteiger partial charge >= 0.3 is 6.18 Å². The van der Waals surface area contributed by atoms with E-state index in [0.717, 1.165) is 12.1 Å². The average Bonchev–Trinajstić information content (AvgIpc) is 2.97. The highest BCUT2D eigenvalue weighted by atomic mass is 79.9. The maximum atomic E-state index is 12.8. The van der Waals surface area contributed by atoms with Crippen molar-refractivity contribution in [1.29, 1.82) is 0 Å². The van der Waals surface area contributed by atoms with Gasteiger partial charge in [0.05, 0.1) is 10.5 Å². The first-order chi connectivity index (χ1) is 13.0. The number of nitrogens with one attached hydrogen (secondary N) is 1. The summed E-state index contributed by atoms with van der Waals surface area (Å²) < 4.78 is 62.9. The van der Waals surface area contributed by atoms with Gasteiger partial charge in [-0.15, -0.1) is 11.3 Å². The molecule has 2 heterocycles. The summed E-state index contributed by atoms with van der Waals surface area (Å²) in [6.45, 7) is 2.34. The van der Waals surface area contributed by atoms with Crippen molar-refractivity contribution in [3.63, 3.8) is 0 Å². The molecule has 2 amide bonds. The maximum Gasteiger partial charge on any atom is 0.434 e. The third kappa shape index (κ3) is 4.94. The van der Waals surface area contributed by atoms with Crippen LogP contribution in [-0.2, 0) is 20.8 Å². The number of amides is 2. The molecule has 8 nitrogen and oxygen atoms in total. The van der Waals surface area contributed by atoms with Crippen LogP contribution in [0.25, 0.3) is 0 Å². The minimum absolute atomic E-state index is 0.234. The molecule has 0 aliphatic heterocycles. The van der Waals surface area contributed by atoms with Gasteiger partial charge in [0.15, 0.2) is 5.69 Å². The number of rotatable bonds is 5. The molecule has 0 saturated heterocycles. The first-order valence-corrected chi connectivity index (χ1v) is 10.6. The second-order valence-electron chi connectivity index (χ2n) is 6.19. The lowest BCUT2D eigenvalue weighted by molar-refractivity contribution is -0.141. The van der Waals surface area contributed by atoms with Crippen LogP contribution in [0, 0.1) is 0 Å². The lowest BCUT2D eigenvalue weighted by Crippen LogP contribution is -2.36. The molecule has 0 unspecified atom stereocenters. The lowest BCUT2D eigenvalue weighted by atomic mass is 10.1. The van der Waals surface area contributed by atoms with Crippen LogP contribution in [0.3, 0.4) is 0 Å². The van der Waals surface area contributed by atoms with Crippen molar-refractivity contribution in [2.24, 2.45) is 5.73 Å². The highest BCUT2D eigenvalue weighted by molar-refractivity contribution is 9.10. The SMILES string of the molecule is CC(C)(O)C(=O)Nc1sc(S(=O)(=O)c2cnc(C(F)(F)F)c(Br)c2)cc1C(N)=O. The Morgan fingerprint density at radius 2 is 1.86 bits per heavy atom. The normalized spacial score (nSPS) is 12.7. The standard InChI is InChI=1S/C15H13BrF3N3O5S2/c1-14(2,25)13(24)22-12-7(11(20)23)4-9(28-12)29(26,27)6-3-8(16)10(21-5-6)15(17,18)19/h3-5,25H,1-2H3,(H2,20,23)(H,22,24). The maximum absolute atomic E-state index is 12.8. The summed E-state index contributed by atoms with van der Waals surface area (Å²) in [4.78, 5) is 26.1. The number of alkyl halides is 3. The Hall–Kier alpha value is -2.03. The highest BCUT2D eigenvalue weighted by Crippen LogP contribution is 2.38. The number of thiophene rings is 1. The highest BCUT2D eigenvalue weighted by Gasteiger charge is 2.36.